The summed E-state index contributed by atoms with van der Waals surface area (Å²) in [5.74, 6) is -0.892. The molecule has 7 nitrogen and oxygen atoms in total. The van der Waals surface area contributed by atoms with Crippen molar-refractivity contribution in [2.45, 2.75) is 52.1 Å². The van der Waals surface area contributed by atoms with E-state index in [1.165, 1.54) is 13.1 Å². The SMILES string of the molecule is COCCCOc1cc2c(cc1C(C)=O)C1CC(=O)C(C(=O)O)=CN1C(C(C)C)C2. The highest BCUT2D eigenvalue weighted by atomic mass is 16.5. The zero-order valence-corrected chi connectivity index (χ0v) is 17.9. The van der Waals surface area contributed by atoms with E-state index in [0.29, 0.717) is 37.4 Å². The Morgan fingerprint density at radius 3 is 2.57 bits per heavy atom. The van der Waals surface area contributed by atoms with Crippen LogP contribution in [0, 0.1) is 5.92 Å². The molecule has 1 aromatic carbocycles. The van der Waals surface area contributed by atoms with Crippen LogP contribution in [0.25, 0.3) is 0 Å². The lowest BCUT2D eigenvalue weighted by Gasteiger charge is -2.46. The van der Waals surface area contributed by atoms with Crippen molar-refractivity contribution < 1.29 is 29.0 Å². The zero-order valence-electron chi connectivity index (χ0n) is 17.9. The fraction of sp³-hybridized carbons (Fsp3) is 0.522. The number of Topliss-reactive ketones (excluding diaryl/α,β-unsaturated/α-hetero) is 2. The zero-order chi connectivity index (χ0) is 22.0. The average Bonchev–Trinajstić information content (AvgIpc) is 2.69. The quantitative estimate of drug-likeness (QED) is 0.396. The summed E-state index contributed by atoms with van der Waals surface area (Å²) in [6, 6.07) is 3.52. The first-order valence-electron chi connectivity index (χ1n) is 10.3. The van der Waals surface area contributed by atoms with Gasteiger partial charge in [-0.05, 0) is 42.5 Å². The number of rotatable bonds is 8. The molecule has 7 heteroatoms. The lowest BCUT2D eigenvalue weighted by atomic mass is 9.79. The van der Waals surface area contributed by atoms with Crippen molar-refractivity contribution in [1.29, 1.82) is 0 Å². The Bertz CT molecular complexity index is 888. The van der Waals surface area contributed by atoms with Crippen LogP contribution in [-0.4, -0.2) is 53.9 Å². The number of benzene rings is 1. The van der Waals surface area contributed by atoms with Crippen LogP contribution < -0.4 is 4.74 Å². The van der Waals surface area contributed by atoms with Crippen molar-refractivity contribution >= 4 is 17.5 Å². The van der Waals surface area contributed by atoms with E-state index in [1.807, 2.05) is 17.0 Å². The smallest absolute Gasteiger partial charge is 0.340 e. The van der Waals surface area contributed by atoms with Crippen molar-refractivity contribution in [2.24, 2.45) is 5.92 Å². The molecule has 2 atom stereocenters. The summed E-state index contributed by atoms with van der Waals surface area (Å²) in [7, 11) is 1.63. The average molecular weight is 415 g/mol. The maximum atomic E-state index is 12.5. The molecule has 162 valence electrons. The van der Waals surface area contributed by atoms with Gasteiger partial charge in [-0.1, -0.05) is 13.8 Å². The predicted molar refractivity (Wildman–Crippen MR) is 111 cm³/mol. The van der Waals surface area contributed by atoms with E-state index in [-0.39, 0.29) is 41.6 Å². The molecule has 0 fully saturated rings. The van der Waals surface area contributed by atoms with Gasteiger partial charge in [0.2, 0.25) is 0 Å². The van der Waals surface area contributed by atoms with Crippen molar-refractivity contribution in [1.82, 2.24) is 4.90 Å². The number of hydrogen-bond donors (Lipinski definition) is 1. The highest BCUT2D eigenvalue weighted by molar-refractivity contribution is 6.17. The summed E-state index contributed by atoms with van der Waals surface area (Å²) < 4.78 is 10.9. The van der Waals surface area contributed by atoms with Gasteiger partial charge in [0.15, 0.2) is 11.6 Å². The third-order valence-corrected chi connectivity index (χ3v) is 5.86. The van der Waals surface area contributed by atoms with E-state index in [0.717, 1.165) is 11.1 Å². The fourth-order valence-corrected chi connectivity index (χ4v) is 4.29. The number of carboxylic acid groups (broad SMARTS) is 1. The number of carbonyl (C=O) groups is 3. The number of carboxylic acids is 1. The second-order valence-corrected chi connectivity index (χ2v) is 8.25. The van der Waals surface area contributed by atoms with Crippen molar-refractivity contribution in [3.05, 3.63) is 40.6 Å². The largest absolute Gasteiger partial charge is 0.493 e. The first-order valence-corrected chi connectivity index (χ1v) is 10.3. The molecule has 2 aliphatic heterocycles. The lowest BCUT2D eigenvalue weighted by Crippen LogP contribution is -2.47. The third-order valence-electron chi connectivity index (χ3n) is 5.86. The Balaban J connectivity index is 2.04. The molecule has 0 saturated carbocycles. The van der Waals surface area contributed by atoms with Crippen LogP contribution in [0.15, 0.2) is 23.9 Å². The van der Waals surface area contributed by atoms with Crippen molar-refractivity contribution in [3.63, 3.8) is 0 Å². The first kappa shape index (κ1) is 22.0. The third kappa shape index (κ3) is 4.26. The second kappa shape index (κ2) is 9.00. The number of ketones is 2. The number of ether oxygens (including phenoxy) is 2. The number of carbonyl (C=O) groups excluding carboxylic acids is 2. The van der Waals surface area contributed by atoms with Crippen LogP contribution in [0.4, 0.5) is 0 Å². The molecule has 0 bridgehead atoms. The summed E-state index contributed by atoms with van der Waals surface area (Å²) in [5, 5.41) is 9.41. The van der Waals surface area contributed by atoms with Crippen molar-refractivity contribution in [3.8, 4) is 5.75 Å². The molecule has 0 aromatic heterocycles. The normalized spacial score (nSPS) is 20.5. The minimum atomic E-state index is -1.20. The van der Waals surface area contributed by atoms with Gasteiger partial charge in [-0.2, -0.15) is 0 Å². The van der Waals surface area contributed by atoms with E-state index in [4.69, 9.17) is 9.47 Å². The molecule has 3 rings (SSSR count). The van der Waals surface area contributed by atoms with Crippen molar-refractivity contribution in [2.75, 3.05) is 20.3 Å². The lowest BCUT2D eigenvalue weighted by molar-refractivity contribution is -0.135. The summed E-state index contributed by atoms with van der Waals surface area (Å²) in [5.41, 5.74) is 2.25. The van der Waals surface area contributed by atoms with Gasteiger partial charge in [-0.25, -0.2) is 4.79 Å². The molecule has 2 aliphatic rings. The maximum absolute atomic E-state index is 12.5. The molecule has 2 heterocycles. The summed E-state index contributed by atoms with van der Waals surface area (Å²) in [6.45, 7) is 6.69. The monoisotopic (exact) mass is 415 g/mol. The van der Waals surface area contributed by atoms with Crippen LogP contribution in [0.1, 0.15) is 61.1 Å². The highest BCUT2D eigenvalue weighted by Crippen LogP contribution is 2.43. The Morgan fingerprint density at radius 1 is 1.23 bits per heavy atom. The molecule has 0 spiro atoms. The summed E-state index contributed by atoms with van der Waals surface area (Å²) in [6.07, 6.45) is 2.98. The Hall–Kier alpha value is -2.67. The molecule has 30 heavy (non-hydrogen) atoms. The Labute approximate surface area is 176 Å². The van der Waals surface area contributed by atoms with Gasteiger partial charge in [0, 0.05) is 38.8 Å². The number of methoxy groups -OCH3 is 1. The molecule has 1 N–H and O–H groups in total. The van der Waals surface area contributed by atoms with Gasteiger partial charge >= 0.3 is 5.97 Å². The van der Waals surface area contributed by atoms with Gasteiger partial charge in [-0.3, -0.25) is 9.59 Å². The summed E-state index contributed by atoms with van der Waals surface area (Å²) >= 11 is 0. The number of nitrogens with zero attached hydrogens (tertiary/aromatic N) is 1. The minimum absolute atomic E-state index is 0.0504. The summed E-state index contributed by atoms with van der Waals surface area (Å²) in [4.78, 5) is 38.3. The molecule has 0 amide bonds. The minimum Gasteiger partial charge on any atom is -0.493 e. The number of hydrogen-bond acceptors (Lipinski definition) is 6. The van der Waals surface area contributed by atoms with Crippen LogP contribution in [0.3, 0.4) is 0 Å². The van der Waals surface area contributed by atoms with E-state index in [9.17, 15) is 19.5 Å². The van der Waals surface area contributed by atoms with Gasteiger partial charge in [-0.15, -0.1) is 0 Å². The topological polar surface area (TPSA) is 93.1 Å². The van der Waals surface area contributed by atoms with Crippen LogP contribution in [0.5, 0.6) is 5.75 Å². The maximum Gasteiger partial charge on any atom is 0.340 e. The Morgan fingerprint density at radius 2 is 1.97 bits per heavy atom. The molecular weight excluding hydrogens is 386 g/mol. The van der Waals surface area contributed by atoms with E-state index in [2.05, 4.69) is 13.8 Å². The van der Waals surface area contributed by atoms with Crippen LogP contribution in [-0.2, 0) is 20.7 Å². The molecule has 0 saturated heterocycles. The molecule has 1 aromatic rings. The van der Waals surface area contributed by atoms with E-state index >= 15 is 0 Å². The van der Waals surface area contributed by atoms with Gasteiger partial charge < -0.3 is 19.5 Å². The van der Waals surface area contributed by atoms with E-state index < -0.39 is 5.97 Å². The molecule has 0 aliphatic carbocycles. The van der Waals surface area contributed by atoms with Crippen LogP contribution in [0.2, 0.25) is 0 Å². The Kier molecular flexibility index (Phi) is 6.61. The molecule has 2 unspecified atom stereocenters. The fourth-order valence-electron chi connectivity index (χ4n) is 4.29. The van der Waals surface area contributed by atoms with Gasteiger partial charge in [0.1, 0.15) is 11.3 Å². The molecular formula is C23H29NO6. The predicted octanol–water partition coefficient (Wildman–Crippen LogP) is 3.17. The molecule has 0 radical (unpaired) electrons. The number of aliphatic carboxylic acids is 1. The highest BCUT2D eigenvalue weighted by Gasteiger charge is 2.41. The van der Waals surface area contributed by atoms with Gasteiger partial charge in [0.25, 0.3) is 0 Å². The standard InChI is InChI=1S/C23H29NO6/c1-13(2)19-8-15-9-22(30-7-5-6-29-4)16(14(3)25)10-17(15)20-11-21(26)18(23(27)28)12-24(19)20/h9-10,12-13,19-20H,5-8,11H2,1-4H3,(H,27,28). The van der Waals surface area contributed by atoms with Crippen LogP contribution >= 0.6 is 0 Å². The number of fused-ring (bicyclic) bond motifs is 3. The first-order chi connectivity index (χ1) is 14.2. The van der Waals surface area contributed by atoms with E-state index in [1.54, 1.807) is 7.11 Å². The second-order valence-electron chi connectivity index (χ2n) is 8.25. The van der Waals surface area contributed by atoms with Gasteiger partial charge in [0.05, 0.1) is 18.2 Å².